The van der Waals surface area contributed by atoms with Crippen LogP contribution in [0.3, 0.4) is 0 Å². The van der Waals surface area contributed by atoms with Crippen LogP contribution in [0.15, 0.2) is 0 Å². The maximum atomic E-state index is 8.63. The predicted molar refractivity (Wildman–Crippen MR) is 160 cm³/mol. The second-order valence-corrected chi connectivity index (χ2v) is 12.2. The van der Waals surface area contributed by atoms with Crippen LogP contribution in [0, 0.1) is 0 Å². The van der Waals surface area contributed by atoms with Gasteiger partial charge in [-0.2, -0.15) is 0 Å². The minimum atomic E-state index is -4.92. The molecule has 0 spiro atoms. The van der Waals surface area contributed by atoms with Gasteiger partial charge >= 0.3 is 0 Å². The molecule has 0 fully saturated rings. The molecule has 38 heavy (non-hydrogen) atoms. The van der Waals surface area contributed by atoms with Crippen LogP contribution in [0.5, 0.6) is 0 Å². The van der Waals surface area contributed by atoms with E-state index in [1.165, 1.54) is 113 Å². The van der Waals surface area contributed by atoms with Crippen LogP contribution in [-0.4, -0.2) is 117 Å². The zero-order valence-corrected chi connectivity index (χ0v) is 30.0. The maximum Gasteiger partial charge on any atom is 0.215 e. The average molecular weight is 641 g/mol. The molecular formula is C28H70BrN3O5S. The molecule has 0 aromatic rings. The third kappa shape index (κ3) is 43.2. The first-order chi connectivity index (χ1) is 16.5. The Morgan fingerprint density at radius 2 is 0.711 bits per heavy atom. The van der Waals surface area contributed by atoms with Gasteiger partial charge in [-0.15, -0.1) is 0 Å². The van der Waals surface area contributed by atoms with E-state index in [9.17, 15) is 0 Å². The Bertz CT molecular complexity index is 486. The fourth-order valence-corrected chi connectivity index (χ4v) is 3.99. The van der Waals surface area contributed by atoms with E-state index in [0.717, 1.165) is 4.48 Å². The van der Waals surface area contributed by atoms with Gasteiger partial charge in [-0.05, 0) is 53.4 Å². The van der Waals surface area contributed by atoms with Crippen LogP contribution in [0.1, 0.15) is 107 Å². The van der Waals surface area contributed by atoms with Crippen molar-refractivity contribution in [2.24, 2.45) is 0 Å². The third-order valence-corrected chi connectivity index (χ3v) is 6.63. The van der Waals surface area contributed by atoms with E-state index in [1.807, 2.05) is 0 Å². The lowest BCUT2D eigenvalue weighted by Crippen LogP contribution is -3.00. The third-order valence-electron chi connectivity index (χ3n) is 6.63. The highest BCUT2D eigenvalue weighted by atomic mass is 79.9. The van der Waals surface area contributed by atoms with E-state index in [1.54, 1.807) is 0 Å². The van der Waals surface area contributed by atoms with Gasteiger partial charge in [0.25, 0.3) is 0 Å². The van der Waals surface area contributed by atoms with Crippen molar-refractivity contribution in [3.8, 4) is 0 Å². The molecule has 2 N–H and O–H groups in total. The molecule has 0 bridgehead atoms. The number of quaternary nitrogens is 3. The Morgan fingerprint density at radius 3 is 0.789 bits per heavy atom. The molecule has 0 aromatic heterocycles. The number of rotatable bonds is 16. The Kier molecular flexibility index (Phi) is 40.5. The molecule has 0 rings (SSSR count). The Hall–Kier alpha value is 0.190. The fourth-order valence-electron chi connectivity index (χ4n) is 3.99. The van der Waals surface area contributed by atoms with Crippen molar-refractivity contribution >= 4 is 10.4 Å². The van der Waals surface area contributed by atoms with Crippen molar-refractivity contribution in [2.45, 2.75) is 107 Å². The fraction of sp³-hybridized carbons (Fsp3) is 1.00. The first-order valence-electron chi connectivity index (χ1n) is 14.7. The van der Waals surface area contributed by atoms with E-state index in [2.05, 4.69) is 83.6 Å². The first-order valence-corrected chi connectivity index (χ1v) is 16.0. The highest BCUT2D eigenvalue weighted by molar-refractivity contribution is 7.79. The van der Waals surface area contributed by atoms with Gasteiger partial charge in [0.2, 0.25) is 10.4 Å². The average Bonchev–Trinajstić information content (AvgIpc) is 2.78. The summed E-state index contributed by atoms with van der Waals surface area (Å²) in [5, 5.41) is 0. The minimum Gasteiger partial charge on any atom is -1.00 e. The number of unbranched alkanes of at least 4 members (excludes halogenated alkanes) is 4. The largest absolute Gasteiger partial charge is 1.00 e. The molecule has 0 saturated heterocycles. The first kappa shape index (κ1) is 51.0. The smallest absolute Gasteiger partial charge is 0.215 e. The van der Waals surface area contributed by atoms with Crippen LogP contribution in [0.4, 0.5) is 0 Å². The van der Waals surface area contributed by atoms with Gasteiger partial charge < -0.3 is 40.5 Å². The Labute approximate surface area is 250 Å². The van der Waals surface area contributed by atoms with Crippen LogP contribution in [-0.2, 0) is 10.4 Å². The van der Waals surface area contributed by atoms with Gasteiger partial charge in [0.1, 0.15) is 0 Å². The van der Waals surface area contributed by atoms with Gasteiger partial charge in [-0.25, -0.2) is 8.42 Å². The summed E-state index contributed by atoms with van der Waals surface area (Å²) in [5.41, 5.74) is 0. The molecule has 0 aliphatic rings. The summed E-state index contributed by atoms with van der Waals surface area (Å²) in [5.74, 6) is 0. The zero-order valence-electron chi connectivity index (χ0n) is 27.6. The van der Waals surface area contributed by atoms with E-state index >= 15 is 0 Å². The molecule has 8 nitrogen and oxygen atoms in total. The summed E-state index contributed by atoms with van der Waals surface area (Å²) in [6, 6.07) is 0. The standard InChI is InChI=1S/C16H36N.C8H20N.C4H12N.BrH.H2O4S.H2O/c1-5-9-13-17(14-10-6-2,15-11-7-3)16-12-8-4;1-5-9(6-2,7-3)8-4;1-5(2,3)4;;1-5(2,3)4;/h5-16H2,1-4H3;5-8H2,1-4H3;1-4H3;1H;(H2,1,2,3,4);1H2/q3*+1;;;/p-3. The van der Waals surface area contributed by atoms with Crippen LogP contribution in [0.2, 0.25) is 0 Å². The predicted octanol–water partition coefficient (Wildman–Crippen LogP) is 3.04. The van der Waals surface area contributed by atoms with Crippen LogP contribution < -0.4 is 17.0 Å². The van der Waals surface area contributed by atoms with Crippen molar-refractivity contribution in [1.29, 1.82) is 0 Å². The molecule has 0 heterocycles. The molecule has 0 aromatic carbocycles. The summed E-state index contributed by atoms with van der Waals surface area (Å²) >= 11 is 0. The molecule has 240 valence electrons. The molecule has 0 amide bonds. The maximum absolute atomic E-state index is 8.63. The van der Waals surface area contributed by atoms with Crippen molar-refractivity contribution in [3.63, 3.8) is 0 Å². The molecule has 0 aliphatic carbocycles. The monoisotopic (exact) mass is 639 g/mol. The highest BCUT2D eigenvalue weighted by Crippen LogP contribution is 2.16. The van der Waals surface area contributed by atoms with Gasteiger partial charge in [0.05, 0.1) is 80.5 Å². The second kappa shape index (κ2) is 30.2. The van der Waals surface area contributed by atoms with Crippen molar-refractivity contribution < 1.29 is 53.4 Å². The van der Waals surface area contributed by atoms with Gasteiger partial charge in [0, 0.05) is 0 Å². The van der Waals surface area contributed by atoms with E-state index in [0.29, 0.717) is 0 Å². The van der Waals surface area contributed by atoms with Crippen molar-refractivity contribution in [1.82, 2.24) is 0 Å². The summed E-state index contributed by atoms with van der Waals surface area (Å²) < 4.78 is 36.5. The molecule has 0 unspecified atom stereocenters. The molecule has 0 radical (unpaired) electrons. The molecule has 10 heteroatoms. The second-order valence-electron chi connectivity index (χ2n) is 11.4. The topological polar surface area (TPSA) is 107 Å². The summed E-state index contributed by atoms with van der Waals surface area (Å²) in [6.45, 7) is 29.2. The van der Waals surface area contributed by atoms with Crippen molar-refractivity contribution in [3.05, 3.63) is 0 Å². The summed E-state index contributed by atoms with van der Waals surface area (Å²) in [7, 11) is 3.58. The number of hydrogen-bond donors (Lipinski definition) is 1. The van der Waals surface area contributed by atoms with Crippen molar-refractivity contribution in [2.75, 3.05) is 80.5 Å². The van der Waals surface area contributed by atoms with E-state index in [4.69, 9.17) is 17.5 Å². The number of nitrogens with zero attached hydrogens (tertiary/aromatic N) is 3. The Morgan fingerprint density at radius 1 is 0.553 bits per heavy atom. The molecule has 0 atom stereocenters. The van der Waals surface area contributed by atoms with Crippen LogP contribution >= 0.6 is 0 Å². The lowest BCUT2D eigenvalue weighted by Gasteiger charge is -2.39. The molecular weight excluding hydrogens is 570 g/mol. The van der Waals surface area contributed by atoms with Gasteiger partial charge in [-0.1, -0.05) is 53.4 Å². The lowest BCUT2D eigenvalue weighted by atomic mass is 10.1. The van der Waals surface area contributed by atoms with Crippen LogP contribution in [0.25, 0.3) is 0 Å². The SMILES string of the molecule is CCCC[N+](CCCC)(CCCC)CCCC.CC[N+](CC)(CC)CC.C[N+](C)(C)C.O=S(=O)([O-])O.[Br-].[OH-]. The number of hydrogen-bond acceptors (Lipinski definition) is 4. The highest BCUT2D eigenvalue weighted by Gasteiger charge is 2.24. The molecule has 0 saturated carbocycles. The summed E-state index contributed by atoms with van der Waals surface area (Å²) in [4.78, 5) is 0. The quantitative estimate of drug-likeness (QED) is 0.159. The summed E-state index contributed by atoms with van der Waals surface area (Å²) in [6.07, 6.45) is 11.1. The van der Waals surface area contributed by atoms with Gasteiger partial charge in [0.15, 0.2) is 0 Å². The van der Waals surface area contributed by atoms with E-state index < -0.39 is 10.4 Å². The minimum absolute atomic E-state index is 0. The number of halogens is 1. The normalized spacial score (nSPS) is 11.3. The van der Waals surface area contributed by atoms with E-state index in [-0.39, 0.29) is 22.5 Å². The lowest BCUT2D eigenvalue weighted by molar-refractivity contribution is -0.929. The Balaban J connectivity index is -0.000000102. The molecule has 0 aliphatic heterocycles. The van der Waals surface area contributed by atoms with Gasteiger partial charge in [-0.3, -0.25) is 4.55 Å². The zero-order chi connectivity index (χ0) is 29.3.